The van der Waals surface area contributed by atoms with Crippen LogP contribution in [0.2, 0.25) is 0 Å². The molecule has 0 fully saturated rings. The second-order valence-electron chi connectivity index (χ2n) is 8.38. The van der Waals surface area contributed by atoms with Gasteiger partial charge in [0.25, 0.3) is 0 Å². The van der Waals surface area contributed by atoms with Crippen molar-refractivity contribution in [3.63, 3.8) is 0 Å². The summed E-state index contributed by atoms with van der Waals surface area (Å²) in [5.74, 6) is -0.0808. The Balaban J connectivity index is 3.45. The molecule has 0 saturated heterocycles. The molecule has 2 atom stereocenters. The molecule has 0 aromatic heterocycles. The highest BCUT2D eigenvalue weighted by Crippen LogP contribution is 2.13. The molecule has 29 heavy (non-hydrogen) atoms. The Morgan fingerprint density at radius 2 is 1.24 bits per heavy atom. The molecule has 0 aliphatic heterocycles. The third-order valence-corrected chi connectivity index (χ3v) is 5.53. The molecule has 0 rings (SSSR count). The summed E-state index contributed by atoms with van der Waals surface area (Å²) >= 11 is 0. The number of rotatable bonds is 21. The fraction of sp³-hybridized carbons (Fsp3) is 0.880. The van der Waals surface area contributed by atoms with E-state index in [1.807, 2.05) is 13.0 Å². The molecular formula is C25H49NO3. The number of nitrogens with one attached hydrogen (secondary N) is 1. The first-order chi connectivity index (χ1) is 14.2. The van der Waals surface area contributed by atoms with Gasteiger partial charge in [0.05, 0.1) is 18.8 Å². The third-order valence-electron chi connectivity index (χ3n) is 5.53. The van der Waals surface area contributed by atoms with E-state index in [0.29, 0.717) is 6.42 Å². The van der Waals surface area contributed by atoms with Crippen molar-refractivity contribution >= 4 is 5.91 Å². The van der Waals surface area contributed by atoms with E-state index < -0.39 is 12.1 Å². The maximum absolute atomic E-state index is 12.0. The third kappa shape index (κ3) is 18.9. The predicted molar refractivity (Wildman–Crippen MR) is 124 cm³/mol. The highest BCUT2D eigenvalue weighted by Gasteiger charge is 2.17. The fourth-order valence-corrected chi connectivity index (χ4v) is 3.58. The molecular weight excluding hydrogens is 362 g/mol. The number of hydrogen-bond acceptors (Lipinski definition) is 3. The van der Waals surface area contributed by atoms with Gasteiger partial charge in [-0.3, -0.25) is 4.79 Å². The summed E-state index contributed by atoms with van der Waals surface area (Å²) in [6, 6.07) is -0.610. The number of carbonyl (C=O) groups excluding carboxylic acids is 1. The van der Waals surface area contributed by atoms with Gasteiger partial charge in [-0.25, -0.2) is 0 Å². The van der Waals surface area contributed by atoms with Gasteiger partial charge in [-0.2, -0.15) is 0 Å². The number of unbranched alkanes of at least 4 members (excludes halogenated alkanes) is 14. The molecule has 172 valence electrons. The van der Waals surface area contributed by atoms with Gasteiger partial charge < -0.3 is 15.5 Å². The number of carbonyl (C=O) groups is 1. The zero-order valence-corrected chi connectivity index (χ0v) is 19.3. The molecule has 1 amide bonds. The van der Waals surface area contributed by atoms with Crippen molar-refractivity contribution in [1.82, 2.24) is 5.32 Å². The molecule has 4 nitrogen and oxygen atoms in total. The summed E-state index contributed by atoms with van der Waals surface area (Å²) in [6.07, 6.45) is 23.6. The zero-order chi connectivity index (χ0) is 21.6. The lowest BCUT2D eigenvalue weighted by atomic mass is 10.0. The summed E-state index contributed by atoms with van der Waals surface area (Å²) in [5, 5.41) is 22.0. The number of aliphatic hydroxyl groups is 2. The highest BCUT2D eigenvalue weighted by atomic mass is 16.3. The molecule has 0 aromatic rings. The lowest BCUT2D eigenvalue weighted by molar-refractivity contribution is -0.123. The molecule has 0 aromatic carbocycles. The first-order valence-electron chi connectivity index (χ1n) is 12.4. The van der Waals surface area contributed by atoms with Crippen LogP contribution in [-0.2, 0) is 4.79 Å². The lowest BCUT2D eigenvalue weighted by Crippen LogP contribution is -2.45. The first-order valence-corrected chi connectivity index (χ1v) is 12.4. The normalized spacial score (nSPS) is 13.7. The van der Waals surface area contributed by atoms with Gasteiger partial charge in [-0.15, -0.1) is 0 Å². The van der Waals surface area contributed by atoms with Crippen molar-refractivity contribution in [3.8, 4) is 0 Å². The van der Waals surface area contributed by atoms with Crippen LogP contribution < -0.4 is 5.32 Å². The monoisotopic (exact) mass is 411 g/mol. The lowest BCUT2D eigenvalue weighted by Gasteiger charge is -2.19. The van der Waals surface area contributed by atoms with E-state index in [-0.39, 0.29) is 12.5 Å². The van der Waals surface area contributed by atoms with Crippen LogP contribution in [0.4, 0.5) is 0 Å². The van der Waals surface area contributed by atoms with E-state index in [1.165, 1.54) is 83.5 Å². The van der Waals surface area contributed by atoms with Gasteiger partial charge in [0.15, 0.2) is 0 Å². The Hall–Kier alpha value is -0.870. The van der Waals surface area contributed by atoms with Gasteiger partial charge in [-0.1, -0.05) is 116 Å². The number of hydrogen-bond donors (Lipinski definition) is 3. The van der Waals surface area contributed by atoms with Gasteiger partial charge in [0, 0.05) is 6.42 Å². The van der Waals surface area contributed by atoms with E-state index in [9.17, 15) is 15.0 Å². The van der Waals surface area contributed by atoms with Gasteiger partial charge >= 0.3 is 0 Å². The van der Waals surface area contributed by atoms with Crippen molar-refractivity contribution < 1.29 is 15.0 Å². The number of amides is 1. The Labute approximate surface area is 180 Å². The van der Waals surface area contributed by atoms with Crippen molar-refractivity contribution in [1.29, 1.82) is 0 Å². The van der Waals surface area contributed by atoms with Gasteiger partial charge in [-0.05, 0) is 12.8 Å². The van der Waals surface area contributed by atoms with Gasteiger partial charge in [0.2, 0.25) is 5.91 Å². The highest BCUT2D eigenvalue weighted by molar-refractivity contribution is 5.76. The smallest absolute Gasteiger partial charge is 0.220 e. The largest absolute Gasteiger partial charge is 0.394 e. The predicted octanol–water partition coefficient (Wildman–Crippen LogP) is 6.05. The molecule has 0 spiro atoms. The van der Waals surface area contributed by atoms with Crippen molar-refractivity contribution in [2.24, 2.45) is 0 Å². The Kier molecular flexibility index (Phi) is 21.2. The Bertz CT molecular complexity index is 384. The van der Waals surface area contributed by atoms with E-state index in [0.717, 1.165) is 19.3 Å². The van der Waals surface area contributed by atoms with Crippen LogP contribution in [0.1, 0.15) is 123 Å². The fourth-order valence-electron chi connectivity index (χ4n) is 3.58. The maximum Gasteiger partial charge on any atom is 0.220 e. The van der Waals surface area contributed by atoms with E-state index >= 15 is 0 Å². The number of allylic oxidation sites excluding steroid dienone is 1. The number of aliphatic hydroxyl groups excluding tert-OH is 2. The second-order valence-corrected chi connectivity index (χ2v) is 8.38. The minimum Gasteiger partial charge on any atom is -0.394 e. The van der Waals surface area contributed by atoms with Crippen LogP contribution in [0.15, 0.2) is 12.2 Å². The van der Waals surface area contributed by atoms with Crippen LogP contribution in [0, 0.1) is 0 Å². The van der Waals surface area contributed by atoms with E-state index in [4.69, 9.17) is 0 Å². The van der Waals surface area contributed by atoms with E-state index in [2.05, 4.69) is 12.2 Å². The summed E-state index contributed by atoms with van der Waals surface area (Å²) in [6.45, 7) is 4.00. The van der Waals surface area contributed by atoms with E-state index in [1.54, 1.807) is 6.08 Å². The van der Waals surface area contributed by atoms with Crippen molar-refractivity contribution in [2.75, 3.05) is 6.61 Å². The average molecular weight is 412 g/mol. The SMILES string of the molecule is CC/C=C/[C@H](O)[C@@H](CO)NC(=O)CCCCCCCCCCCCCCCCC. The van der Waals surface area contributed by atoms with Crippen molar-refractivity contribution in [2.45, 2.75) is 135 Å². The minimum atomic E-state index is -0.829. The topological polar surface area (TPSA) is 69.6 Å². The molecule has 4 heteroatoms. The Morgan fingerprint density at radius 3 is 1.66 bits per heavy atom. The quantitative estimate of drug-likeness (QED) is 0.159. The Morgan fingerprint density at radius 1 is 0.793 bits per heavy atom. The van der Waals surface area contributed by atoms with Crippen molar-refractivity contribution in [3.05, 3.63) is 12.2 Å². The molecule has 0 heterocycles. The first kappa shape index (κ1) is 28.1. The van der Waals surface area contributed by atoms with Crippen LogP contribution in [0.5, 0.6) is 0 Å². The molecule has 0 unspecified atom stereocenters. The van der Waals surface area contributed by atoms with Crippen LogP contribution >= 0.6 is 0 Å². The van der Waals surface area contributed by atoms with Crippen LogP contribution in [0.3, 0.4) is 0 Å². The minimum absolute atomic E-state index is 0.0808. The standard InChI is InChI=1S/C25H49NO3/c1-3-5-7-8-9-10-11-12-13-14-15-16-17-18-19-21-25(29)26-23(22-27)24(28)20-6-4-2/h6,20,23-24,27-28H,3-5,7-19,21-22H2,1-2H3,(H,26,29)/b20-6+/t23-,24+/m1/s1. The summed E-state index contributed by atoms with van der Waals surface area (Å²) < 4.78 is 0. The summed E-state index contributed by atoms with van der Waals surface area (Å²) in [7, 11) is 0. The van der Waals surface area contributed by atoms with Crippen LogP contribution in [0.25, 0.3) is 0 Å². The second kappa shape index (κ2) is 21.8. The zero-order valence-electron chi connectivity index (χ0n) is 19.3. The average Bonchev–Trinajstić information content (AvgIpc) is 2.72. The molecule has 0 aliphatic carbocycles. The molecule has 0 saturated carbocycles. The summed E-state index contributed by atoms with van der Waals surface area (Å²) in [4.78, 5) is 12.0. The maximum atomic E-state index is 12.0. The van der Waals surface area contributed by atoms with Crippen LogP contribution in [-0.4, -0.2) is 34.9 Å². The molecule has 0 radical (unpaired) electrons. The molecule has 3 N–H and O–H groups in total. The molecule has 0 aliphatic rings. The molecule has 0 bridgehead atoms. The van der Waals surface area contributed by atoms with Gasteiger partial charge in [0.1, 0.15) is 0 Å². The summed E-state index contributed by atoms with van der Waals surface area (Å²) in [5.41, 5.74) is 0.